The molecule has 0 unspecified atom stereocenters. The number of rotatable bonds is 4. The first kappa shape index (κ1) is 13.8. The Kier molecular flexibility index (Phi) is 4.39. The number of esters is 1. The third-order valence-electron chi connectivity index (χ3n) is 2.39. The number of methoxy groups -OCH3 is 1. The summed E-state index contributed by atoms with van der Waals surface area (Å²) in [5.74, 6) is 0.264. The molecule has 0 fully saturated rings. The largest absolute Gasteiger partial charge is 0.497 e. The summed E-state index contributed by atoms with van der Waals surface area (Å²) in [6, 6.07) is 7.38. The van der Waals surface area contributed by atoms with E-state index in [4.69, 9.17) is 21.1 Å². The maximum Gasteiger partial charge on any atom is 0.359 e. The molecule has 0 saturated heterocycles. The van der Waals surface area contributed by atoms with Crippen LogP contribution in [0.2, 0.25) is 4.34 Å². The Labute approximate surface area is 120 Å². The summed E-state index contributed by atoms with van der Waals surface area (Å²) in [5.41, 5.74) is 1.04. The van der Waals surface area contributed by atoms with Gasteiger partial charge in [-0.2, -0.15) is 0 Å². The number of benzene rings is 1. The van der Waals surface area contributed by atoms with Crippen molar-refractivity contribution in [3.8, 4) is 16.3 Å². The minimum absolute atomic E-state index is 0.166. The summed E-state index contributed by atoms with van der Waals surface area (Å²) in [5, 5.41) is 0.677. The van der Waals surface area contributed by atoms with Gasteiger partial charge in [0.1, 0.15) is 15.1 Å². The first-order valence-corrected chi connectivity index (χ1v) is 6.83. The zero-order valence-corrected chi connectivity index (χ0v) is 12.0. The lowest BCUT2D eigenvalue weighted by Crippen LogP contribution is -2.05. The van der Waals surface area contributed by atoms with E-state index in [1.165, 1.54) is 11.3 Å². The van der Waals surface area contributed by atoms with Crippen molar-refractivity contribution < 1.29 is 14.3 Å². The van der Waals surface area contributed by atoms with Gasteiger partial charge in [-0.3, -0.25) is 0 Å². The summed E-state index contributed by atoms with van der Waals surface area (Å²) in [6.07, 6.45) is 0. The number of carbonyl (C=O) groups excluding carboxylic acids is 1. The smallest absolute Gasteiger partial charge is 0.359 e. The molecule has 1 aromatic heterocycles. The molecule has 0 atom stereocenters. The quantitative estimate of drug-likeness (QED) is 0.808. The molecule has 0 aliphatic carbocycles. The Morgan fingerprint density at radius 2 is 2.05 bits per heavy atom. The van der Waals surface area contributed by atoms with Crippen LogP contribution >= 0.6 is 22.9 Å². The third-order valence-corrected chi connectivity index (χ3v) is 3.69. The van der Waals surface area contributed by atoms with Gasteiger partial charge in [-0.05, 0) is 31.2 Å². The number of thiazole rings is 1. The number of halogens is 1. The van der Waals surface area contributed by atoms with Gasteiger partial charge in [0.15, 0.2) is 5.69 Å². The maximum absolute atomic E-state index is 11.6. The van der Waals surface area contributed by atoms with Gasteiger partial charge in [0.25, 0.3) is 0 Å². The van der Waals surface area contributed by atoms with Gasteiger partial charge in [0.05, 0.1) is 13.7 Å². The van der Waals surface area contributed by atoms with Crippen molar-refractivity contribution in [1.82, 2.24) is 4.98 Å². The van der Waals surface area contributed by atoms with Gasteiger partial charge >= 0.3 is 5.97 Å². The lowest BCUT2D eigenvalue weighted by atomic mass is 10.2. The fraction of sp³-hybridized carbons (Fsp3) is 0.231. The number of nitrogens with zero attached hydrogens (tertiary/aromatic N) is 1. The fourth-order valence-corrected chi connectivity index (χ4v) is 2.61. The van der Waals surface area contributed by atoms with Crippen molar-refractivity contribution in [3.63, 3.8) is 0 Å². The second kappa shape index (κ2) is 6.04. The lowest BCUT2D eigenvalue weighted by Gasteiger charge is -2.00. The van der Waals surface area contributed by atoms with Crippen LogP contribution in [-0.4, -0.2) is 24.7 Å². The van der Waals surface area contributed by atoms with Crippen molar-refractivity contribution in [3.05, 3.63) is 34.3 Å². The maximum atomic E-state index is 11.6. The third kappa shape index (κ3) is 3.05. The van der Waals surface area contributed by atoms with Gasteiger partial charge < -0.3 is 9.47 Å². The summed E-state index contributed by atoms with van der Waals surface area (Å²) < 4.78 is 10.3. The Bertz CT molecular complexity index is 580. The highest BCUT2D eigenvalue weighted by atomic mass is 35.5. The number of aromatic nitrogens is 1. The van der Waals surface area contributed by atoms with E-state index in [0.717, 1.165) is 11.3 Å². The lowest BCUT2D eigenvalue weighted by molar-refractivity contribution is 0.0520. The molecular formula is C13H12ClNO3S. The predicted octanol–water partition coefficient (Wildman–Crippen LogP) is 3.65. The molecule has 1 aromatic carbocycles. The molecule has 0 radical (unpaired) electrons. The van der Waals surface area contributed by atoms with Gasteiger partial charge in [-0.15, -0.1) is 11.3 Å². The highest BCUT2D eigenvalue weighted by Crippen LogP contribution is 2.32. The molecule has 4 nitrogen and oxygen atoms in total. The second-order valence-corrected chi connectivity index (χ2v) is 5.19. The predicted molar refractivity (Wildman–Crippen MR) is 75.1 cm³/mol. The molecular weight excluding hydrogens is 286 g/mol. The Morgan fingerprint density at radius 1 is 1.37 bits per heavy atom. The average Bonchev–Trinajstić information content (AvgIpc) is 2.81. The van der Waals surface area contributed by atoms with Crippen LogP contribution in [0, 0.1) is 0 Å². The fourth-order valence-electron chi connectivity index (χ4n) is 1.48. The number of hydrogen-bond acceptors (Lipinski definition) is 5. The van der Waals surface area contributed by atoms with E-state index < -0.39 is 5.97 Å². The molecule has 0 aliphatic heterocycles. The van der Waals surface area contributed by atoms with Gasteiger partial charge in [0.2, 0.25) is 0 Å². The van der Waals surface area contributed by atoms with Gasteiger partial charge in [-0.25, -0.2) is 9.78 Å². The highest BCUT2D eigenvalue weighted by Gasteiger charge is 2.18. The molecule has 19 heavy (non-hydrogen) atoms. The van der Waals surface area contributed by atoms with Crippen molar-refractivity contribution in [1.29, 1.82) is 0 Å². The van der Waals surface area contributed by atoms with E-state index in [0.29, 0.717) is 16.0 Å². The topological polar surface area (TPSA) is 48.4 Å². The van der Waals surface area contributed by atoms with Crippen molar-refractivity contribution in [2.75, 3.05) is 13.7 Å². The van der Waals surface area contributed by atoms with Crippen LogP contribution in [0.4, 0.5) is 0 Å². The monoisotopic (exact) mass is 297 g/mol. The van der Waals surface area contributed by atoms with Crippen LogP contribution in [0.3, 0.4) is 0 Å². The molecule has 100 valence electrons. The molecule has 0 aliphatic rings. The molecule has 0 spiro atoms. The normalized spacial score (nSPS) is 10.3. The van der Waals surface area contributed by atoms with E-state index in [-0.39, 0.29) is 5.69 Å². The van der Waals surface area contributed by atoms with Crippen LogP contribution in [0.15, 0.2) is 24.3 Å². The molecule has 0 N–H and O–H groups in total. The molecule has 2 rings (SSSR count). The standard InChI is InChI=1S/C13H12ClNO3S/c1-3-18-13(16)10-11(14)19-12(15-10)8-4-6-9(17-2)7-5-8/h4-7H,3H2,1-2H3. The second-order valence-electron chi connectivity index (χ2n) is 3.59. The van der Waals surface area contributed by atoms with E-state index in [9.17, 15) is 4.79 Å². The SMILES string of the molecule is CCOC(=O)c1nc(-c2ccc(OC)cc2)sc1Cl. The molecule has 1 heterocycles. The molecule has 0 bridgehead atoms. The van der Waals surface area contributed by atoms with Crippen molar-refractivity contribution in [2.45, 2.75) is 6.92 Å². The minimum Gasteiger partial charge on any atom is -0.497 e. The zero-order chi connectivity index (χ0) is 13.8. The summed E-state index contributed by atoms with van der Waals surface area (Å²) >= 11 is 7.26. The number of carbonyl (C=O) groups is 1. The minimum atomic E-state index is -0.497. The van der Waals surface area contributed by atoms with E-state index >= 15 is 0 Å². The summed E-state index contributed by atoms with van der Waals surface area (Å²) in [6.45, 7) is 2.03. The Hall–Kier alpha value is -1.59. The zero-order valence-electron chi connectivity index (χ0n) is 10.5. The van der Waals surface area contributed by atoms with Crippen LogP contribution in [0.1, 0.15) is 17.4 Å². The summed E-state index contributed by atoms with van der Waals surface area (Å²) in [4.78, 5) is 15.9. The Balaban J connectivity index is 2.30. The molecule has 0 amide bonds. The van der Waals surface area contributed by atoms with Crippen LogP contribution in [0.25, 0.3) is 10.6 Å². The van der Waals surface area contributed by atoms with Crippen molar-refractivity contribution in [2.24, 2.45) is 0 Å². The number of ether oxygens (including phenoxy) is 2. The van der Waals surface area contributed by atoms with Crippen LogP contribution in [-0.2, 0) is 4.74 Å². The summed E-state index contributed by atoms with van der Waals surface area (Å²) in [7, 11) is 1.61. The highest BCUT2D eigenvalue weighted by molar-refractivity contribution is 7.19. The van der Waals surface area contributed by atoms with E-state index in [2.05, 4.69) is 4.98 Å². The Morgan fingerprint density at radius 3 is 2.63 bits per heavy atom. The van der Waals surface area contributed by atoms with Crippen LogP contribution < -0.4 is 4.74 Å². The first-order valence-electron chi connectivity index (χ1n) is 5.63. The molecule has 6 heteroatoms. The first-order chi connectivity index (χ1) is 9.15. The molecule has 2 aromatic rings. The number of hydrogen-bond donors (Lipinski definition) is 0. The molecule has 0 saturated carbocycles. The average molecular weight is 298 g/mol. The van der Waals surface area contributed by atoms with Gasteiger partial charge in [-0.1, -0.05) is 11.6 Å². The van der Waals surface area contributed by atoms with Crippen molar-refractivity contribution >= 4 is 28.9 Å². The van der Waals surface area contributed by atoms with Gasteiger partial charge in [0, 0.05) is 5.56 Å². The van der Waals surface area contributed by atoms with E-state index in [1.807, 2.05) is 24.3 Å². The van der Waals surface area contributed by atoms with Crippen LogP contribution in [0.5, 0.6) is 5.75 Å². The van der Waals surface area contributed by atoms with E-state index in [1.54, 1.807) is 14.0 Å².